The van der Waals surface area contributed by atoms with E-state index in [0.717, 1.165) is 11.4 Å². The SMILES string of the molecule is CCc1nnc(NC(=O)c2ccc(F)cc2C)s1. The van der Waals surface area contributed by atoms with Crippen LogP contribution in [0, 0.1) is 12.7 Å². The summed E-state index contributed by atoms with van der Waals surface area (Å²) >= 11 is 1.34. The number of nitrogens with one attached hydrogen (secondary N) is 1. The number of hydrogen-bond donors (Lipinski definition) is 1. The summed E-state index contributed by atoms with van der Waals surface area (Å²) in [5, 5.41) is 11.8. The fourth-order valence-corrected chi connectivity index (χ4v) is 2.17. The first kappa shape index (κ1) is 12.6. The van der Waals surface area contributed by atoms with Crippen molar-refractivity contribution in [2.75, 3.05) is 5.32 Å². The van der Waals surface area contributed by atoms with Crippen LogP contribution in [0.25, 0.3) is 0 Å². The molecule has 18 heavy (non-hydrogen) atoms. The van der Waals surface area contributed by atoms with Gasteiger partial charge in [-0.05, 0) is 37.1 Å². The quantitative estimate of drug-likeness (QED) is 0.928. The Morgan fingerprint density at radius 2 is 2.22 bits per heavy atom. The summed E-state index contributed by atoms with van der Waals surface area (Å²) in [5.74, 6) is -0.653. The van der Waals surface area contributed by atoms with Gasteiger partial charge in [0, 0.05) is 5.56 Å². The third-order valence-electron chi connectivity index (χ3n) is 2.42. The molecule has 2 rings (SSSR count). The molecule has 0 radical (unpaired) electrons. The average Bonchev–Trinajstić information content (AvgIpc) is 2.76. The molecule has 0 fully saturated rings. The van der Waals surface area contributed by atoms with Crippen LogP contribution in [-0.4, -0.2) is 16.1 Å². The number of nitrogens with zero attached hydrogens (tertiary/aromatic N) is 2. The van der Waals surface area contributed by atoms with Crippen molar-refractivity contribution < 1.29 is 9.18 Å². The monoisotopic (exact) mass is 265 g/mol. The number of rotatable bonds is 3. The van der Waals surface area contributed by atoms with Crippen molar-refractivity contribution in [3.05, 3.63) is 40.2 Å². The summed E-state index contributed by atoms with van der Waals surface area (Å²) < 4.78 is 12.9. The zero-order valence-corrected chi connectivity index (χ0v) is 10.8. The standard InChI is InChI=1S/C12H12FN3OS/c1-3-10-15-16-12(18-10)14-11(17)9-5-4-8(13)6-7(9)2/h4-6H,3H2,1-2H3,(H,14,16,17). The molecule has 4 nitrogen and oxygen atoms in total. The molecule has 0 saturated carbocycles. The van der Waals surface area contributed by atoms with Crippen molar-refractivity contribution >= 4 is 22.4 Å². The molecular weight excluding hydrogens is 253 g/mol. The molecule has 0 aliphatic rings. The summed E-state index contributed by atoms with van der Waals surface area (Å²) in [5.41, 5.74) is 1.03. The van der Waals surface area contributed by atoms with Crippen LogP contribution in [0.3, 0.4) is 0 Å². The highest BCUT2D eigenvalue weighted by Gasteiger charge is 2.12. The number of carbonyl (C=O) groups excluding carboxylic acids is 1. The molecule has 0 unspecified atom stereocenters. The Bertz CT molecular complexity index is 582. The van der Waals surface area contributed by atoms with Crippen molar-refractivity contribution in [2.45, 2.75) is 20.3 Å². The third-order valence-corrected chi connectivity index (χ3v) is 3.41. The molecule has 6 heteroatoms. The molecular formula is C12H12FN3OS. The fourth-order valence-electron chi connectivity index (χ4n) is 1.49. The predicted molar refractivity (Wildman–Crippen MR) is 68.4 cm³/mol. The Hall–Kier alpha value is -1.82. The van der Waals surface area contributed by atoms with Crippen molar-refractivity contribution in [1.29, 1.82) is 0 Å². The van der Waals surface area contributed by atoms with E-state index in [2.05, 4.69) is 15.5 Å². The summed E-state index contributed by atoms with van der Waals surface area (Å²) in [4.78, 5) is 11.9. The van der Waals surface area contributed by atoms with Gasteiger partial charge in [0.2, 0.25) is 5.13 Å². The van der Waals surface area contributed by atoms with Crippen LogP contribution in [0.2, 0.25) is 0 Å². The molecule has 0 saturated heterocycles. The topological polar surface area (TPSA) is 54.9 Å². The van der Waals surface area contributed by atoms with E-state index < -0.39 is 0 Å². The molecule has 1 heterocycles. The largest absolute Gasteiger partial charge is 0.296 e. The van der Waals surface area contributed by atoms with Gasteiger partial charge in [0.25, 0.3) is 5.91 Å². The van der Waals surface area contributed by atoms with Crippen molar-refractivity contribution in [1.82, 2.24) is 10.2 Å². The van der Waals surface area contributed by atoms with Gasteiger partial charge in [0.1, 0.15) is 10.8 Å². The second-order valence-corrected chi connectivity index (χ2v) is 4.83. The van der Waals surface area contributed by atoms with Gasteiger partial charge in [-0.15, -0.1) is 10.2 Å². The fraction of sp³-hybridized carbons (Fsp3) is 0.250. The van der Waals surface area contributed by atoms with Crippen LogP contribution in [0.15, 0.2) is 18.2 Å². The highest BCUT2D eigenvalue weighted by atomic mass is 32.1. The van der Waals surface area contributed by atoms with Crippen LogP contribution in [0.1, 0.15) is 27.9 Å². The Morgan fingerprint density at radius 3 is 2.83 bits per heavy atom. The molecule has 2 aromatic rings. The van der Waals surface area contributed by atoms with Gasteiger partial charge in [0.05, 0.1) is 0 Å². The number of hydrogen-bond acceptors (Lipinski definition) is 4. The summed E-state index contributed by atoms with van der Waals surface area (Å²) in [6, 6.07) is 4.05. The maximum absolute atomic E-state index is 12.9. The summed E-state index contributed by atoms with van der Waals surface area (Å²) in [6.45, 7) is 3.66. The highest BCUT2D eigenvalue weighted by molar-refractivity contribution is 7.15. The number of anilines is 1. The molecule has 94 valence electrons. The molecule has 1 N–H and O–H groups in total. The molecule has 1 amide bonds. The Kier molecular flexibility index (Phi) is 3.66. The minimum absolute atomic E-state index is 0.300. The zero-order chi connectivity index (χ0) is 13.1. The summed E-state index contributed by atoms with van der Waals surface area (Å²) in [6.07, 6.45) is 0.781. The Labute approximate surface area is 108 Å². The predicted octanol–water partition coefficient (Wildman–Crippen LogP) is 2.80. The van der Waals surface area contributed by atoms with E-state index in [1.54, 1.807) is 6.92 Å². The lowest BCUT2D eigenvalue weighted by Gasteiger charge is -2.04. The van der Waals surface area contributed by atoms with Crippen LogP contribution in [-0.2, 0) is 6.42 Å². The second kappa shape index (κ2) is 5.22. The number of aryl methyl sites for hydroxylation is 2. The highest BCUT2D eigenvalue weighted by Crippen LogP contribution is 2.17. The second-order valence-electron chi connectivity index (χ2n) is 3.77. The van der Waals surface area contributed by atoms with Gasteiger partial charge in [-0.3, -0.25) is 10.1 Å². The van der Waals surface area contributed by atoms with E-state index in [-0.39, 0.29) is 11.7 Å². The number of benzene rings is 1. The van der Waals surface area contributed by atoms with Crippen LogP contribution >= 0.6 is 11.3 Å². The minimum atomic E-state index is -0.353. The molecule has 0 spiro atoms. The number of amides is 1. The third kappa shape index (κ3) is 2.70. The minimum Gasteiger partial charge on any atom is -0.296 e. The summed E-state index contributed by atoms with van der Waals surface area (Å²) in [7, 11) is 0. The average molecular weight is 265 g/mol. The van der Waals surface area contributed by atoms with E-state index in [1.165, 1.54) is 29.5 Å². The lowest BCUT2D eigenvalue weighted by Crippen LogP contribution is -2.13. The van der Waals surface area contributed by atoms with Crippen molar-refractivity contribution in [3.63, 3.8) is 0 Å². The van der Waals surface area contributed by atoms with Gasteiger partial charge in [-0.25, -0.2) is 4.39 Å². The molecule has 0 aliphatic carbocycles. The molecule has 1 aromatic carbocycles. The molecule has 0 atom stereocenters. The van der Waals surface area contributed by atoms with Crippen LogP contribution in [0.5, 0.6) is 0 Å². The van der Waals surface area contributed by atoms with E-state index in [4.69, 9.17) is 0 Å². The van der Waals surface area contributed by atoms with Gasteiger partial charge >= 0.3 is 0 Å². The first-order valence-corrected chi connectivity index (χ1v) is 6.31. The smallest absolute Gasteiger partial charge is 0.257 e. The van der Waals surface area contributed by atoms with Gasteiger partial charge in [-0.2, -0.15) is 0 Å². The number of aromatic nitrogens is 2. The lowest BCUT2D eigenvalue weighted by atomic mass is 10.1. The first-order chi connectivity index (χ1) is 8.60. The van der Waals surface area contributed by atoms with Gasteiger partial charge < -0.3 is 0 Å². The number of halogens is 1. The zero-order valence-electron chi connectivity index (χ0n) is 10.0. The first-order valence-electron chi connectivity index (χ1n) is 5.50. The van der Waals surface area contributed by atoms with E-state index in [0.29, 0.717) is 16.3 Å². The van der Waals surface area contributed by atoms with Crippen LogP contribution < -0.4 is 5.32 Å². The van der Waals surface area contributed by atoms with E-state index in [1.807, 2.05) is 6.92 Å². The van der Waals surface area contributed by atoms with Gasteiger partial charge in [0.15, 0.2) is 0 Å². The van der Waals surface area contributed by atoms with Crippen LogP contribution in [0.4, 0.5) is 9.52 Å². The Balaban J connectivity index is 2.16. The van der Waals surface area contributed by atoms with E-state index >= 15 is 0 Å². The normalized spacial score (nSPS) is 10.4. The molecule has 0 aliphatic heterocycles. The van der Waals surface area contributed by atoms with Crippen molar-refractivity contribution in [2.24, 2.45) is 0 Å². The van der Waals surface area contributed by atoms with Gasteiger partial charge in [-0.1, -0.05) is 18.3 Å². The maximum Gasteiger partial charge on any atom is 0.257 e. The Morgan fingerprint density at radius 1 is 1.44 bits per heavy atom. The molecule has 0 bridgehead atoms. The maximum atomic E-state index is 12.9. The molecule has 1 aromatic heterocycles. The van der Waals surface area contributed by atoms with Crippen molar-refractivity contribution in [3.8, 4) is 0 Å². The number of carbonyl (C=O) groups is 1. The van der Waals surface area contributed by atoms with E-state index in [9.17, 15) is 9.18 Å². The lowest BCUT2D eigenvalue weighted by molar-refractivity contribution is 0.102.